The highest BCUT2D eigenvalue weighted by Gasteiger charge is 2.14. The number of hydrogen-bond acceptors (Lipinski definition) is 6. The molecule has 0 saturated carbocycles. The summed E-state index contributed by atoms with van der Waals surface area (Å²) in [4.78, 5) is 11.8. The number of carbonyl (C=O) groups excluding carboxylic acids is 1. The van der Waals surface area contributed by atoms with Gasteiger partial charge in [-0.05, 0) is 18.2 Å². The minimum Gasteiger partial charge on any atom is -0.488 e. The third-order valence-electron chi connectivity index (χ3n) is 3.28. The molecule has 3 rings (SSSR count). The van der Waals surface area contributed by atoms with Crippen LogP contribution in [0.25, 0.3) is 11.5 Å². The fourth-order valence-corrected chi connectivity index (χ4v) is 2.17. The van der Waals surface area contributed by atoms with Crippen molar-refractivity contribution in [2.75, 3.05) is 7.11 Å². The SMILES string of the molecule is COC(=O)c1ccccc1COc1ccccc1-c1nnco1. The van der Waals surface area contributed by atoms with Crippen molar-refractivity contribution in [1.29, 1.82) is 0 Å². The van der Waals surface area contributed by atoms with E-state index in [0.717, 1.165) is 5.56 Å². The van der Waals surface area contributed by atoms with Crippen molar-refractivity contribution in [3.63, 3.8) is 0 Å². The Hall–Kier alpha value is -3.15. The average Bonchev–Trinajstić information content (AvgIpc) is 3.14. The maximum atomic E-state index is 11.8. The van der Waals surface area contributed by atoms with Crippen molar-refractivity contribution in [2.24, 2.45) is 0 Å². The fraction of sp³-hybridized carbons (Fsp3) is 0.118. The van der Waals surface area contributed by atoms with Crippen molar-refractivity contribution in [3.05, 3.63) is 66.1 Å². The zero-order valence-electron chi connectivity index (χ0n) is 12.4. The molecule has 1 heterocycles. The second kappa shape index (κ2) is 6.74. The summed E-state index contributed by atoms with van der Waals surface area (Å²) in [6, 6.07) is 14.5. The molecular formula is C17H14N2O4. The molecular weight excluding hydrogens is 296 g/mol. The summed E-state index contributed by atoms with van der Waals surface area (Å²) in [6.07, 6.45) is 1.26. The van der Waals surface area contributed by atoms with Crippen LogP contribution in [0, 0.1) is 0 Å². The van der Waals surface area contributed by atoms with Crippen molar-refractivity contribution >= 4 is 5.97 Å². The average molecular weight is 310 g/mol. The summed E-state index contributed by atoms with van der Waals surface area (Å²) in [5, 5.41) is 7.56. The number of ether oxygens (including phenoxy) is 2. The van der Waals surface area contributed by atoms with Gasteiger partial charge in [0.15, 0.2) is 0 Å². The van der Waals surface area contributed by atoms with E-state index < -0.39 is 5.97 Å². The molecule has 3 aromatic rings. The van der Waals surface area contributed by atoms with Gasteiger partial charge in [-0.2, -0.15) is 0 Å². The number of carbonyl (C=O) groups is 1. The largest absolute Gasteiger partial charge is 0.488 e. The molecule has 0 N–H and O–H groups in total. The third kappa shape index (κ3) is 3.21. The minimum atomic E-state index is -0.394. The Kier molecular flexibility index (Phi) is 4.33. The first-order chi connectivity index (χ1) is 11.3. The summed E-state index contributed by atoms with van der Waals surface area (Å²) in [5.74, 6) is 0.577. The van der Waals surface area contributed by atoms with Gasteiger partial charge in [0.25, 0.3) is 5.89 Å². The molecule has 0 radical (unpaired) electrons. The second-order valence-corrected chi connectivity index (χ2v) is 4.68. The van der Waals surface area contributed by atoms with Gasteiger partial charge in [-0.3, -0.25) is 0 Å². The van der Waals surface area contributed by atoms with E-state index in [0.29, 0.717) is 22.8 Å². The van der Waals surface area contributed by atoms with Crippen LogP contribution in [0.15, 0.2) is 59.3 Å². The molecule has 0 spiro atoms. The van der Waals surface area contributed by atoms with E-state index in [2.05, 4.69) is 10.2 Å². The van der Waals surface area contributed by atoms with Gasteiger partial charge in [-0.1, -0.05) is 30.3 Å². The van der Waals surface area contributed by atoms with Crippen LogP contribution in [0.4, 0.5) is 0 Å². The van der Waals surface area contributed by atoms with E-state index in [-0.39, 0.29) is 6.61 Å². The standard InChI is InChI=1S/C17H14N2O4/c1-21-17(20)13-7-3-2-6-12(13)10-22-15-9-5-4-8-14(15)16-19-18-11-23-16/h2-9,11H,10H2,1H3. The van der Waals surface area contributed by atoms with Crippen molar-refractivity contribution in [3.8, 4) is 17.2 Å². The Balaban J connectivity index is 1.84. The highest BCUT2D eigenvalue weighted by molar-refractivity contribution is 5.90. The molecule has 23 heavy (non-hydrogen) atoms. The third-order valence-corrected chi connectivity index (χ3v) is 3.28. The molecule has 0 atom stereocenters. The first kappa shape index (κ1) is 14.8. The number of aromatic nitrogens is 2. The van der Waals surface area contributed by atoms with E-state index in [1.165, 1.54) is 13.5 Å². The van der Waals surface area contributed by atoms with Gasteiger partial charge in [-0.15, -0.1) is 10.2 Å². The molecule has 0 bridgehead atoms. The maximum Gasteiger partial charge on any atom is 0.338 e. The molecule has 0 aliphatic rings. The van der Waals surface area contributed by atoms with Crippen molar-refractivity contribution in [2.45, 2.75) is 6.61 Å². The number of para-hydroxylation sites is 1. The van der Waals surface area contributed by atoms with E-state index in [1.54, 1.807) is 18.2 Å². The van der Waals surface area contributed by atoms with Gasteiger partial charge >= 0.3 is 5.97 Å². The van der Waals surface area contributed by atoms with E-state index >= 15 is 0 Å². The maximum absolute atomic E-state index is 11.8. The predicted octanol–water partition coefficient (Wildman–Crippen LogP) is 3.10. The number of methoxy groups -OCH3 is 1. The first-order valence-electron chi connectivity index (χ1n) is 6.94. The summed E-state index contributed by atoms with van der Waals surface area (Å²) in [7, 11) is 1.35. The van der Waals surface area contributed by atoms with Gasteiger partial charge in [0.1, 0.15) is 12.4 Å². The monoisotopic (exact) mass is 310 g/mol. The van der Waals surface area contributed by atoms with Crippen LogP contribution in [-0.2, 0) is 11.3 Å². The fourth-order valence-electron chi connectivity index (χ4n) is 2.17. The lowest BCUT2D eigenvalue weighted by molar-refractivity contribution is 0.0597. The first-order valence-corrected chi connectivity index (χ1v) is 6.94. The minimum absolute atomic E-state index is 0.219. The summed E-state index contributed by atoms with van der Waals surface area (Å²) in [6.45, 7) is 0.219. The Labute approximate surface area is 132 Å². The quantitative estimate of drug-likeness (QED) is 0.674. The van der Waals surface area contributed by atoms with Gasteiger partial charge in [-0.25, -0.2) is 4.79 Å². The molecule has 0 amide bonds. The van der Waals surface area contributed by atoms with Crippen LogP contribution in [-0.4, -0.2) is 23.3 Å². The van der Waals surface area contributed by atoms with Crippen LogP contribution < -0.4 is 4.74 Å². The van der Waals surface area contributed by atoms with Crippen LogP contribution >= 0.6 is 0 Å². The summed E-state index contributed by atoms with van der Waals surface area (Å²) < 4.78 is 15.8. The number of esters is 1. The molecule has 2 aromatic carbocycles. The summed E-state index contributed by atoms with van der Waals surface area (Å²) in [5.41, 5.74) is 1.91. The zero-order valence-corrected chi connectivity index (χ0v) is 12.4. The Morgan fingerprint density at radius 2 is 1.91 bits per heavy atom. The van der Waals surface area contributed by atoms with Crippen LogP contribution in [0.2, 0.25) is 0 Å². The van der Waals surface area contributed by atoms with Crippen molar-refractivity contribution in [1.82, 2.24) is 10.2 Å². The Morgan fingerprint density at radius 3 is 2.70 bits per heavy atom. The van der Waals surface area contributed by atoms with Crippen LogP contribution in [0.5, 0.6) is 5.75 Å². The van der Waals surface area contributed by atoms with Gasteiger partial charge in [0.05, 0.1) is 18.2 Å². The lowest BCUT2D eigenvalue weighted by Gasteiger charge is -2.11. The van der Waals surface area contributed by atoms with E-state index in [1.807, 2.05) is 30.3 Å². The predicted molar refractivity (Wildman–Crippen MR) is 81.8 cm³/mol. The normalized spacial score (nSPS) is 10.3. The number of nitrogens with zero attached hydrogens (tertiary/aromatic N) is 2. The topological polar surface area (TPSA) is 74.5 Å². The van der Waals surface area contributed by atoms with Gasteiger partial charge in [0.2, 0.25) is 6.39 Å². The van der Waals surface area contributed by atoms with Gasteiger partial charge < -0.3 is 13.9 Å². The van der Waals surface area contributed by atoms with Crippen LogP contribution in [0.3, 0.4) is 0 Å². The molecule has 0 saturated heterocycles. The lowest BCUT2D eigenvalue weighted by Crippen LogP contribution is -2.08. The Morgan fingerprint density at radius 1 is 1.13 bits per heavy atom. The highest BCUT2D eigenvalue weighted by atomic mass is 16.5. The molecule has 6 heteroatoms. The molecule has 0 unspecified atom stereocenters. The molecule has 0 fully saturated rings. The second-order valence-electron chi connectivity index (χ2n) is 4.68. The smallest absolute Gasteiger partial charge is 0.338 e. The molecule has 0 aliphatic heterocycles. The number of benzene rings is 2. The number of rotatable bonds is 5. The Bertz CT molecular complexity index is 800. The molecule has 6 nitrogen and oxygen atoms in total. The molecule has 1 aromatic heterocycles. The zero-order chi connectivity index (χ0) is 16.1. The highest BCUT2D eigenvalue weighted by Crippen LogP contribution is 2.28. The number of hydrogen-bond donors (Lipinski definition) is 0. The van der Waals surface area contributed by atoms with E-state index in [9.17, 15) is 4.79 Å². The molecule has 0 aliphatic carbocycles. The van der Waals surface area contributed by atoms with E-state index in [4.69, 9.17) is 13.9 Å². The lowest BCUT2D eigenvalue weighted by atomic mass is 10.1. The van der Waals surface area contributed by atoms with Gasteiger partial charge in [0, 0.05) is 5.56 Å². The summed E-state index contributed by atoms with van der Waals surface area (Å²) >= 11 is 0. The molecule has 116 valence electrons. The van der Waals surface area contributed by atoms with Crippen LogP contribution in [0.1, 0.15) is 15.9 Å². The van der Waals surface area contributed by atoms with Crippen molar-refractivity contribution < 1.29 is 18.7 Å².